The molecule has 3 aromatic rings. The molecule has 28 heavy (non-hydrogen) atoms. The van der Waals surface area contributed by atoms with Crippen LogP contribution in [0.3, 0.4) is 0 Å². The quantitative estimate of drug-likeness (QED) is 0.627. The molecular formula is C21H21F2N3O2. The monoisotopic (exact) mass is 385 g/mol. The van der Waals surface area contributed by atoms with Crippen molar-refractivity contribution in [3.63, 3.8) is 0 Å². The van der Waals surface area contributed by atoms with Crippen LogP contribution in [0, 0.1) is 11.7 Å². The number of benzene rings is 2. The number of hydrogen-bond donors (Lipinski definition) is 3. The van der Waals surface area contributed by atoms with Crippen LogP contribution in [0.25, 0.3) is 11.0 Å². The molecule has 1 aliphatic carbocycles. The van der Waals surface area contributed by atoms with Gasteiger partial charge in [0.05, 0.1) is 23.0 Å². The molecule has 146 valence electrons. The second-order valence-corrected chi connectivity index (χ2v) is 7.58. The Morgan fingerprint density at radius 1 is 1.18 bits per heavy atom. The summed E-state index contributed by atoms with van der Waals surface area (Å²) in [5.74, 6) is -1.44. The number of carbonyl (C=O) groups is 1. The van der Waals surface area contributed by atoms with E-state index in [2.05, 4.69) is 15.3 Å². The van der Waals surface area contributed by atoms with E-state index in [9.17, 15) is 18.4 Å². The van der Waals surface area contributed by atoms with Crippen LogP contribution in [0.1, 0.15) is 48.9 Å². The van der Waals surface area contributed by atoms with Gasteiger partial charge in [0.25, 0.3) is 0 Å². The molecule has 0 spiro atoms. The Morgan fingerprint density at radius 3 is 2.57 bits per heavy atom. The molecule has 0 bridgehead atoms. The Bertz CT molecular complexity index is 1100. The molecule has 1 aromatic heterocycles. The molecule has 1 aliphatic rings. The van der Waals surface area contributed by atoms with Crippen LogP contribution in [0.15, 0.2) is 41.2 Å². The minimum Gasteiger partial charge on any atom is -0.345 e. The third-order valence-electron chi connectivity index (χ3n) is 5.21. The highest BCUT2D eigenvalue weighted by molar-refractivity contribution is 5.85. The van der Waals surface area contributed by atoms with E-state index < -0.39 is 24.0 Å². The van der Waals surface area contributed by atoms with Crippen molar-refractivity contribution < 1.29 is 13.6 Å². The smallest absolute Gasteiger partial charge is 0.323 e. The van der Waals surface area contributed by atoms with Crippen LogP contribution in [0.4, 0.5) is 8.78 Å². The molecule has 4 rings (SSSR count). The van der Waals surface area contributed by atoms with Crippen molar-refractivity contribution in [2.24, 2.45) is 5.92 Å². The fourth-order valence-corrected chi connectivity index (χ4v) is 3.54. The lowest BCUT2D eigenvalue weighted by molar-refractivity contribution is -0.123. The summed E-state index contributed by atoms with van der Waals surface area (Å²) < 4.78 is 28.0. The summed E-state index contributed by atoms with van der Waals surface area (Å²) in [6, 6.07) is 9.36. The highest BCUT2D eigenvalue weighted by atomic mass is 19.1. The Balaban J connectivity index is 1.81. The fraction of sp³-hybridized carbons (Fsp3) is 0.333. The zero-order valence-electron chi connectivity index (χ0n) is 15.6. The number of imidazole rings is 1. The third-order valence-corrected chi connectivity index (χ3v) is 5.21. The summed E-state index contributed by atoms with van der Waals surface area (Å²) in [6.07, 6.45) is -0.937. The van der Waals surface area contributed by atoms with Crippen LogP contribution in [-0.4, -0.2) is 22.0 Å². The lowest BCUT2D eigenvalue weighted by Gasteiger charge is -2.21. The van der Waals surface area contributed by atoms with Crippen molar-refractivity contribution >= 4 is 16.9 Å². The van der Waals surface area contributed by atoms with Gasteiger partial charge in [0.15, 0.2) is 0 Å². The van der Waals surface area contributed by atoms with E-state index in [1.165, 1.54) is 6.07 Å². The topological polar surface area (TPSA) is 77.8 Å². The van der Waals surface area contributed by atoms with Gasteiger partial charge in [-0.1, -0.05) is 38.1 Å². The van der Waals surface area contributed by atoms with E-state index >= 15 is 0 Å². The Hall–Kier alpha value is -2.96. The van der Waals surface area contributed by atoms with Crippen LogP contribution in [0.5, 0.6) is 0 Å². The largest absolute Gasteiger partial charge is 0.345 e. The molecule has 1 amide bonds. The number of fused-ring (bicyclic) bond motifs is 1. The Morgan fingerprint density at radius 2 is 1.93 bits per heavy atom. The molecule has 1 heterocycles. The standard InChI is InChI=1S/C21H21F2N3O2/c1-10(2)12-7-6-11(8-15(12)22)18(25-20(27)14-9-16(14)23)13-4-3-5-17-19(13)26-21(28)24-17/h3-8,10,14,16,18H,9H2,1-2H3,(H,25,27)(H2,24,26,28)/t14-,16-,18+/m0/s1. The lowest BCUT2D eigenvalue weighted by atomic mass is 9.93. The number of H-pyrrole nitrogens is 2. The van der Waals surface area contributed by atoms with Gasteiger partial charge in [-0.15, -0.1) is 0 Å². The van der Waals surface area contributed by atoms with Crippen molar-refractivity contribution in [1.29, 1.82) is 0 Å². The summed E-state index contributed by atoms with van der Waals surface area (Å²) in [7, 11) is 0. The molecule has 0 saturated heterocycles. The van der Waals surface area contributed by atoms with Crippen molar-refractivity contribution in [2.75, 3.05) is 0 Å². The minimum absolute atomic E-state index is 0.0188. The number of rotatable bonds is 5. The maximum absolute atomic E-state index is 14.6. The molecular weight excluding hydrogens is 364 g/mol. The summed E-state index contributed by atoms with van der Waals surface area (Å²) in [5, 5.41) is 2.84. The zero-order chi connectivity index (χ0) is 20.0. The Kier molecular flexibility index (Phi) is 4.53. The predicted molar refractivity (Wildman–Crippen MR) is 102 cm³/mol. The van der Waals surface area contributed by atoms with E-state index in [0.717, 1.165) is 0 Å². The van der Waals surface area contributed by atoms with Crippen molar-refractivity contribution in [2.45, 2.75) is 38.4 Å². The van der Waals surface area contributed by atoms with Gasteiger partial charge in [-0.3, -0.25) is 4.79 Å². The molecule has 0 radical (unpaired) electrons. The Labute approximate surface area is 160 Å². The molecule has 7 heteroatoms. The van der Waals surface area contributed by atoms with Crippen molar-refractivity contribution in [3.8, 4) is 0 Å². The molecule has 3 atom stereocenters. The van der Waals surface area contributed by atoms with Gasteiger partial charge >= 0.3 is 5.69 Å². The number of hydrogen-bond acceptors (Lipinski definition) is 2. The molecule has 5 nitrogen and oxygen atoms in total. The number of aromatic nitrogens is 2. The number of carbonyl (C=O) groups excluding carboxylic acids is 1. The zero-order valence-corrected chi connectivity index (χ0v) is 15.6. The SMILES string of the molecule is CC(C)c1ccc([C@@H](NC(=O)[C@H]2C[C@@H]2F)c2cccc3[nH]c(=O)[nH]c23)cc1F. The minimum atomic E-state index is -1.14. The number of aromatic amines is 2. The van der Waals surface area contributed by atoms with Gasteiger partial charge in [-0.2, -0.15) is 0 Å². The predicted octanol–water partition coefficient (Wildman–Crippen LogP) is 3.68. The second kappa shape index (κ2) is 6.89. The first kappa shape index (κ1) is 18.4. The number of alkyl halides is 1. The normalized spacial score (nSPS) is 19.8. The van der Waals surface area contributed by atoms with Gasteiger partial charge in [0.2, 0.25) is 5.91 Å². The van der Waals surface area contributed by atoms with Crippen LogP contribution >= 0.6 is 0 Å². The first-order valence-corrected chi connectivity index (χ1v) is 9.30. The molecule has 1 saturated carbocycles. The highest BCUT2D eigenvalue weighted by Gasteiger charge is 2.44. The van der Waals surface area contributed by atoms with E-state index in [1.54, 1.807) is 30.3 Å². The molecule has 0 aliphatic heterocycles. The number of halogens is 2. The fourth-order valence-electron chi connectivity index (χ4n) is 3.54. The molecule has 0 unspecified atom stereocenters. The average molecular weight is 385 g/mol. The van der Waals surface area contributed by atoms with Crippen LogP contribution in [0.2, 0.25) is 0 Å². The van der Waals surface area contributed by atoms with Crippen LogP contribution in [-0.2, 0) is 4.79 Å². The van der Waals surface area contributed by atoms with Gasteiger partial charge < -0.3 is 15.3 Å². The van der Waals surface area contributed by atoms with E-state index in [4.69, 9.17) is 0 Å². The van der Waals surface area contributed by atoms with E-state index in [-0.39, 0.29) is 23.8 Å². The molecule has 1 fully saturated rings. The first-order valence-electron chi connectivity index (χ1n) is 9.30. The van der Waals surface area contributed by atoms with Gasteiger partial charge in [0, 0.05) is 5.56 Å². The van der Waals surface area contributed by atoms with Crippen LogP contribution < -0.4 is 11.0 Å². The van der Waals surface area contributed by atoms with Crippen molar-refractivity contribution in [3.05, 3.63) is 69.4 Å². The third kappa shape index (κ3) is 3.32. The van der Waals surface area contributed by atoms with Crippen molar-refractivity contribution in [1.82, 2.24) is 15.3 Å². The van der Waals surface area contributed by atoms with Gasteiger partial charge in [-0.05, 0) is 35.6 Å². The van der Waals surface area contributed by atoms with Gasteiger partial charge in [-0.25, -0.2) is 13.6 Å². The highest BCUT2D eigenvalue weighted by Crippen LogP contribution is 2.36. The second-order valence-electron chi connectivity index (χ2n) is 7.58. The lowest BCUT2D eigenvalue weighted by Crippen LogP contribution is -2.31. The van der Waals surface area contributed by atoms with E-state index in [0.29, 0.717) is 27.7 Å². The average Bonchev–Trinajstić information content (AvgIpc) is 3.25. The number of amides is 1. The summed E-state index contributed by atoms with van der Waals surface area (Å²) in [4.78, 5) is 29.6. The van der Waals surface area contributed by atoms with E-state index in [1.807, 2.05) is 13.8 Å². The first-order chi connectivity index (χ1) is 13.3. The maximum Gasteiger partial charge on any atom is 0.323 e. The number of para-hydroxylation sites is 1. The summed E-state index contributed by atoms with van der Waals surface area (Å²) >= 11 is 0. The summed E-state index contributed by atoms with van der Waals surface area (Å²) in [5.41, 5.74) is 2.44. The van der Waals surface area contributed by atoms with Gasteiger partial charge in [0.1, 0.15) is 12.0 Å². The maximum atomic E-state index is 14.6. The molecule has 2 aromatic carbocycles. The number of nitrogens with one attached hydrogen (secondary N) is 3. The summed E-state index contributed by atoms with van der Waals surface area (Å²) in [6.45, 7) is 3.80. The molecule has 3 N–H and O–H groups in total.